The Morgan fingerprint density at radius 2 is 1.78 bits per heavy atom. The van der Waals surface area contributed by atoms with Gasteiger partial charge in [0.05, 0.1) is 6.20 Å². The van der Waals surface area contributed by atoms with E-state index >= 15 is 0 Å². The molecule has 0 saturated carbocycles. The lowest BCUT2D eigenvalue weighted by Gasteiger charge is -2.07. The van der Waals surface area contributed by atoms with E-state index in [9.17, 15) is 9.18 Å². The third-order valence-electron chi connectivity index (χ3n) is 2.92. The van der Waals surface area contributed by atoms with Gasteiger partial charge in [-0.1, -0.05) is 11.6 Å². The number of halogens is 2. The van der Waals surface area contributed by atoms with Gasteiger partial charge in [-0.15, -0.1) is 0 Å². The lowest BCUT2D eigenvalue weighted by molar-refractivity contribution is 0.472. The molecule has 0 saturated heterocycles. The molecule has 0 atom stereocenters. The second-order valence-corrected chi connectivity index (χ2v) is 5.05. The van der Waals surface area contributed by atoms with Gasteiger partial charge < -0.3 is 10.1 Å². The standard InChI is InChI=1S/C16H11ClFN3O2/c17-10-1-7-13(8-2-10)23-14-9-19-16(21-15(14)22)20-12-5-3-11(18)4-6-12/h1-9H,(H2,19,20,21,22). The van der Waals surface area contributed by atoms with Gasteiger partial charge in [0.15, 0.2) is 0 Å². The van der Waals surface area contributed by atoms with E-state index in [1.54, 1.807) is 24.3 Å². The molecule has 0 radical (unpaired) electrons. The fourth-order valence-corrected chi connectivity index (χ4v) is 1.94. The molecule has 5 nitrogen and oxygen atoms in total. The van der Waals surface area contributed by atoms with Gasteiger partial charge >= 0.3 is 0 Å². The van der Waals surface area contributed by atoms with Gasteiger partial charge in [-0.2, -0.15) is 0 Å². The third-order valence-corrected chi connectivity index (χ3v) is 3.17. The zero-order chi connectivity index (χ0) is 16.2. The van der Waals surface area contributed by atoms with Crippen LogP contribution in [0.25, 0.3) is 0 Å². The quantitative estimate of drug-likeness (QED) is 0.755. The summed E-state index contributed by atoms with van der Waals surface area (Å²) in [6.07, 6.45) is 1.30. The predicted molar refractivity (Wildman–Crippen MR) is 86.1 cm³/mol. The Labute approximate surface area is 135 Å². The monoisotopic (exact) mass is 331 g/mol. The average Bonchev–Trinajstić information content (AvgIpc) is 2.54. The molecule has 2 N–H and O–H groups in total. The molecule has 3 aromatic rings. The maximum Gasteiger partial charge on any atom is 0.295 e. The molecule has 23 heavy (non-hydrogen) atoms. The maximum absolute atomic E-state index is 12.8. The first-order chi connectivity index (χ1) is 11.1. The molecule has 0 unspecified atom stereocenters. The number of H-pyrrole nitrogens is 1. The third kappa shape index (κ3) is 3.87. The Morgan fingerprint density at radius 1 is 1.09 bits per heavy atom. The first-order valence-corrected chi connectivity index (χ1v) is 7.03. The SMILES string of the molecule is O=c1[nH]c(Nc2ccc(F)cc2)ncc1Oc1ccc(Cl)cc1. The van der Waals surface area contributed by atoms with E-state index < -0.39 is 5.56 Å². The molecule has 0 aliphatic heterocycles. The normalized spacial score (nSPS) is 10.3. The summed E-state index contributed by atoms with van der Waals surface area (Å²) in [5.41, 5.74) is 0.153. The molecular formula is C16H11ClFN3O2. The summed E-state index contributed by atoms with van der Waals surface area (Å²) in [7, 11) is 0. The smallest absolute Gasteiger partial charge is 0.295 e. The summed E-state index contributed by atoms with van der Waals surface area (Å²) in [5, 5.41) is 3.44. The Bertz CT molecular complexity index is 864. The van der Waals surface area contributed by atoms with E-state index in [4.69, 9.17) is 16.3 Å². The summed E-state index contributed by atoms with van der Waals surface area (Å²) in [6, 6.07) is 12.3. The number of nitrogens with zero attached hydrogens (tertiary/aromatic N) is 1. The highest BCUT2D eigenvalue weighted by Gasteiger charge is 2.06. The minimum absolute atomic E-state index is 0.0528. The molecular weight excluding hydrogens is 321 g/mol. The van der Waals surface area contributed by atoms with Crippen LogP contribution in [0.3, 0.4) is 0 Å². The van der Waals surface area contributed by atoms with Gasteiger partial charge in [0, 0.05) is 10.7 Å². The minimum atomic E-state index is -0.445. The molecule has 0 spiro atoms. The highest BCUT2D eigenvalue weighted by molar-refractivity contribution is 6.30. The van der Waals surface area contributed by atoms with Crippen LogP contribution in [0.5, 0.6) is 11.5 Å². The van der Waals surface area contributed by atoms with Gasteiger partial charge in [-0.25, -0.2) is 9.37 Å². The largest absolute Gasteiger partial charge is 0.450 e. The predicted octanol–water partition coefficient (Wildman–Crippen LogP) is 4.10. The van der Waals surface area contributed by atoms with Crippen molar-refractivity contribution >= 4 is 23.2 Å². The number of anilines is 2. The lowest BCUT2D eigenvalue weighted by atomic mass is 10.3. The second kappa shape index (κ2) is 6.50. The van der Waals surface area contributed by atoms with Gasteiger partial charge in [-0.05, 0) is 48.5 Å². The number of ether oxygens (including phenoxy) is 1. The summed E-state index contributed by atoms with van der Waals surface area (Å²) in [4.78, 5) is 18.6. The van der Waals surface area contributed by atoms with E-state index in [1.165, 1.54) is 30.5 Å². The Morgan fingerprint density at radius 3 is 2.43 bits per heavy atom. The molecule has 0 fully saturated rings. The zero-order valence-corrected chi connectivity index (χ0v) is 12.5. The van der Waals surface area contributed by atoms with Crippen molar-refractivity contribution in [2.24, 2.45) is 0 Å². The number of hydrogen-bond donors (Lipinski definition) is 2. The van der Waals surface area contributed by atoms with Gasteiger partial charge in [-0.3, -0.25) is 9.78 Å². The van der Waals surface area contributed by atoms with E-state index in [1.807, 2.05) is 0 Å². The zero-order valence-electron chi connectivity index (χ0n) is 11.7. The first kappa shape index (κ1) is 15.1. The van der Waals surface area contributed by atoms with Crippen LogP contribution in [0.4, 0.5) is 16.0 Å². The van der Waals surface area contributed by atoms with Gasteiger partial charge in [0.25, 0.3) is 5.56 Å². The van der Waals surface area contributed by atoms with E-state index in [2.05, 4.69) is 15.3 Å². The highest BCUT2D eigenvalue weighted by atomic mass is 35.5. The molecule has 116 valence electrons. The van der Waals surface area contributed by atoms with Crippen molar-refractivity contribution in [1.29, 1.82) is 0 Å². The van der Waals surface area contributed by atoms with Crippen LogP contribution in [-0.4, -0.2) is 9.97 Å². The molecule has 0 amide bonds. The second-order valence-electron chi connectivity index (χ2n) is 4.61. The molecule has 3 rings (SSSR count). The summed E-state index contributed by atoms with van der Waals surface area (Å²) in [5.74, 6) is 0.409. The maximum atomic E-state index is 12.8. The summed E-state index contributed by atoms with van der Waals surface area (Å²) in [6.45, 7) is 0. The fraction of sp³-hybridized carbons (Fsp3) is 0. The number of aromatic amines is 1. The molecule has 1 heterocycles. The summed E-state index contributed by atoms with van der Waals surface area (Å²) < 4.78 is 18.3. The van der Waals surface area contributed by atoms with Gasteiger partial charge in [0.1, 0.15) is 11.6 Å². The molecule has 0 aliphatic carbocycles. The van der Waals surface area contributed by atoms with E-state index in [0.717, 1.165) is 0 Å². The number of benzene rings is 2. The van der Waals surface area contributed by atoms with E-state index in [-0.39, 0.29) is 17.5 Å². The average molecular weight is 332 g/mol. The molecule has 2 aromatic carbocycles. The summed E-state index contributed by atoms with van der Waals surface area (Å²) >= 11 is 5.79. The number of rotatable bonds is 4. The van der Waals surface area contributed by atoms with Crippen molar-refractivity contribution in [2.75, 3.05) is 5.32 Å². The van der Waals surface area contributed by atoms with Crippen LogP contribution in [-0.2, 0) is 0 Å². The molecule has 7 heteroatoms. The number of nitrogens with one attached hydrogen (secondary N) is 2. The van der Waals surface area contributed by atoms with Crippen LogP contribution in [0.2, 0.25) is 5.02 Å². The Hall–Kier alpha value is -2.86. The van der Waals surface area contributed by atoms with Crippen molar-refractivity contribution < 1.29 is 9.13 Å². The van der Waals surface area contributed by atoms with Crippen LogP contribution >= 0.6 is 11.6 Å². The molecule has 0 aliphatic rings. The van der Waals surface area contributed by atoms with Crippen LogP contribution in [0.15, 0.2) is 59.5 Å². The minimum Gasteiger partial charge on any atom is -0.450 e. The molecule has 0 bridgehead atoms. The van der Waals surface area contributed by atoms with Crippen LogP contribution in [0, 0.1) is 5.82 Å². The van der Waals surface area contributed by atoms with Crippen molar-refractivity contribution in [2.45, 2.75) is 0 Å². The highest BCUT2D eigenvalue weighted by Crippen LogP contribution is 2.20. The van der Waals surface area contributed by atoms with Crippen LogP contribution in [0.1, 0.15) is 0 Å². The van der Waals surface area contributed by atoms with E-state index in [0.29, 0.717) is 16.5 Å². The lowest BCUT2D eigenvalue weighted by Crippen LogP contribution is -2.12. The van der Waals surface area contributed by atoms with Gasteiger partial charge in [0.2, 0.25) is 11.7 Å². The Balaban J connectivity index is 1.76. The fourth-order valence-electron chi connectivity index (χ4n) is 1.82. The van der Waals surface area contributed by atoms with Crippen molar-refractivity contribution in [1.82, 2.24) is 9.97 Å². The number of aromatic nitrogens is 2. The van der Waals surface area contributed by atoms with Crippen LogP contribution < -0.4 is 15.6 Å². The Kier molecular flexibility index (Phi) is 4.25. The number of hydrogen-bond acceptors (Lipinski definition) is 4. The first-order valence-electron chi connectivity index (χ1n) is 6.65. The molecule has 1 aromatic heterocycles. The van der Waals surface area contributed by atoms with Crippen molar-refractivity contribution in [3.05, 3.63) is 75.9 Å². The topological polar surface area (TPSA) is 67.0 Å². The van der Waals surface area contributed by atoms with Crippen molar-refractivity contribution in [3.63, 3.8) is 0 Å². The van der Waals surface area contributed by atoms with Crippen molar-refractivity contribution in [3.8, 4) is 11.5 Å².